The normalized spacial score (nSPS) is 44.0. The number of aliphatic hydroxyl groups excluding tert-OH is 8. The zero-order chi connectivity index (χ0) is 33.5. The lowest BCUT2D eigenvalue weighted by atomic mass is 9.83. The first-order valence-corrected chi connectivity index (χ1v) is 15.2. The van der Waals surface area contributed by atoms with E-state index in [9.17, 15) is 40.9 Å². The fourth-order valence-electron chi connectivity index (χ4n) is 5.14. The molecule has 22 heteroatoms. The molecule has 0 radical (unpaired) electrons. The van der Waals surface area contributed by atoms with Crippen LogP contribution in [0.25, 0.3) is 0 Å². The highest BCUT2D eigenvalue weighted by atomic mass is 32.3. The van der Waals surface area contributed by atoms with Crippen LogP contribution in [0.3, 0.4) is 0 Å². The van der Waals surface area contributed by atoms with E-state index >= 15 is 0 Å². The van der Waals surface area contributed by atoms with Gasteiger partial charge in [0.15, 0.2) is 12.6 Å². The van der Waals surface area contributed by atoms with Crippen molar-refractivity contribution in [2.45, 2.75) is 111 Å². The quantitative estimate of drug-likeness (QED) is 0.0907. The molecule has 2 aliphatic heterocycles. The first kappa shape index (κ1) is 39.4. The predicted molar refractivity (Wildman–Crippen MR) is 145 cm³/mol. The van der Waals surface area contributed by atoms with Gasteiger partial charge in [0.1, 0.15) is 61.0 Å². The van der Waals surface area contributed by atoms with Crippen molar-refractivity contribution in [2.75, 3.05) is 26.2 Å². The Bertz CT molecular complexity index is 947. The average Bonchev–Trinajstić information content (AvgIpc) is 2.94. The summed E-state index contributed by atoms with van der Waals surface area (Å²) in [6, 6.07) is -2.85. The molecule has 1 saturated carbocycles. The maximum absolute atomic E-state index is 11.4. The van der Waals surface area contributed by atoms with Gasteiger partial charge in [-0.2, -0.15) is 8.42 Å². The number of nitrogens with two attached hydrogens (primary N) is 4. The van der Waals surface area contributed by atoms with E-state index in [-0.39, 0.29) is 26.1 Å². The Morgan fingerprint density at radius 2 is 1.36 bits per heavy atom. The van der Waals surface area contributed by atoms with E-state index in [2.05, 4.69) is 5.32 Å². The third-order valence-electron chi connectivity index (χ3n) is 7.55. The van der Waals surface area contributed by atoms with E-state index in [1.165, 1.54) is 0 Å². The summed E-state index contributed by atoms with van der Waals surface area (Å²) in [4.78, 5) is 0. The van der Waals surface area contributed by atoms with Gasteiger partial charge in [0, 0.05) is 25.2 Å². The Labute approximate surface area is 253 Å². The second kappa shape index (κ2) is 17.4. The molecule has 16 unspecified atom stereocenters. The predicted octanol–water partition coefficient (Wildman–Crippen LogP) is -8.60. The summed E-state index contributed by atoms with van der Waals surface area (Å²) in [6.07, 6.45) is -17.4. The molecule has 1 aliphatic carbocycles. The highest BCUT2D eigenvalue weighted by Crippen LogP contribution is 2.32. The van der Waals surface area contributed by atoms with E-state index in [4.69, 9.17) is 59.4 Å². The zero-order valence-electron chi connectivity index (χ0n) is 23.6. The van der Waals surface area contributed by atoms with Crippen LogP contribution in [0.15, 0.2) is 0 Å². The third-order valence-corrected chi connectivity index (χ3v) is 7.55. The van der Waals surface area contributed by atoms with Gasteiger partial charge in [0.2, 0.25) is 0 Å². The lowest BCUT2D eigenvalue weighted by molar-refractivity contribution is -0.332. The largest absolute Gasteiger partial charge is 0.394 e. The van der Waals surface area contributed by atoms with E-state index in [0.717, 1.165) is 0 Å². The number of ether oxygens (including phenoxy) is 4. The Morgan fingerprint density at radius 1 is 0.818 bits per heavy atom. The second-order valence-electron chi connectivity index (χ2n) is 10.8. The van der Waals surface area contributed by atoms with Crippen molar-refractivity contribution >= 4 is 10.4 Å². The van der Waals surface area contributed by atoms with Crippen molar-refractivity contribution in [3.8, 4) is 0 Å². The molecule has 2 heterocycles. The van der Waals surface area contributed by atoms with E-state index in [1.807, 2.05) is 0 Å². The lowest BCUT2D eigenvalue weighted by Crippen LogP contribution is -2.69. The van der Waals surface area contributed by atoms with Crippen molar-refractivity contribution in [3.05, 3.63) is 0 Å². The minimum Gasteiger partial charge on any atom is -0.394 e. The molecule has 3 rings (SSSR count). The molecule has 0 aromatic rings. The van der Waals surface area contributed by atoms with Crippen LogP contribution < -0.4 is 28.3 Å². The summed E-state index contributed by atoms with van der Waals surface area (Å²) in [7, 11) is -4.67. The highest BCUT2D eigenvalue weighted by Gasteiger charge is 2.52. The zero-order valence-corrected chi connectivity index (χ0v) is 24.4. The van der Waals surface area contributed by atoms with Gasteiger partial charge in [0.25, 0.3) is 0 Å². The van der Waals surface area contributed by atoms with Crippen LogP contribution in [-0.4, -0.2) is 182 Å². The van der Waals surface area contributed by atoms with Crippen molar-refractivity contribution in [3.63, 3.8) is 0 Å². The number of rotatable bonds is 11. The summed E-state index contributed by atoms with van der Waals surface area (Å²) < 4.78 is 54.3. The molecule has 0 aromatic heterocycles. The highest BCUT2D eigenvalue weighted by molar-refractivity contribution is 7.79. The molecule has 0 amide bonds. The first-order valence-electron chi connectivity index (χ1n) is 13.8. The van der Waals surface area contributed by atoms with Gasteiger partial charge >= 0.3 is 10.4 Å². The monoisotopic (exact) mass is 669 g/mol. The minimum atomic E-state index is -4.67. The van der Waals surface area contributed by atoms with Gasteiger partial charge in [-0.25, -0.2) is 0 Å². The molecule has 19 N–H and O–H groups in total. The summed E-state index contributed by atoms with van der Waals surface area (Å²) in [5.41, 5.74) is 23.3. The Morgan fingerprint density at radius 3 is 1.91 bits per heavy atom. The second-order valence-corrected chi connectivity index (χ2v) is 11.7. The molecule has 21 nitrogen and oxygen atoms in total. The Balaban J connectivity index is 0.00000125. The fraction of sp³-hybridized carbons (Fsp3) is 1.00. The van der Waals surface area contributed by atoms with Gasteiger partial charge in [0.05, 0.1) is 18.8 Å². The van der Waals surface area contributed by atoms with Crippen LogP contribution in [0.5, 0.6) is 0 Å². The number of hydrogen-bond donors (Lipinski definition) is 15. The molecule has 44 heavy (non-hydrogen) atoms. The average molecular weight is 670 g/mol. The SMILES string of the molecule is NCCC(O)CNC1CC(N)C(OC2OC(CN)C(O)C(O)C2O)C(O)C1OC1OC(CO)C(O)C(N)C1O.O=S(=O)(O)O. The van der Waals surface area contributed by atoms with Crippen molar-refractivity contribution in [1.29, 1.82) is 0 Å². The molecule has 262 valence electrons. The van der Waals surface area contributed by atoms with Crippen LogP contribution in [0.1, 0.15) is 12.8 Å². The van der Waals surface area contributed by atoms with Gasteiger partial charge in [-0.1, -0.05) is 0 Å². The number of hydrogen-bond acceptors (Lipinski definition) is 19. The molecule has 0 spiro atoms. The summed E-state index contributed by atoms with van der Waals surface area (Å²) >= 11 is 0. The first-order chi connectivity index (χ1) is 20.4. The van der Waals surface area contributed by atoms with E-state index in [1.54, 1.807) is 0 Å². The van der Waals surface area contributed by atoms with Crippen LogP contribution in [0.2, 0.25) is 0 Å². The van der Waals surface area contributed by atoms with Gasteiger partial charge < -0.3 is 88.1 Å². The van der Waals surface area contributed by atoms with Crippen LogP contribution in [0, 0.1) is 0 Å². The lowest BCUT2D eigenvalue weighted by Gasteiger charge is -2.49. The molecule has 3 fully saturated rings. The van der Waals surface area contributed by atoms with Gasteiger partial charge in [-0.15, -0.1) is 0 Å². The van der Waals surface area contributed by atoms with Crippen molar-refractivity contribution in [1.82, 2.24) is 5.32 Å². The fourth-order valence-corrected chi connectivity index (χ4v) is 5.14. The van der Waals surface area contributed by atoms with Gasteiger partial charge in [-0.05, 0) is 19.4 Å². The molecular formula is C22H47N5O16S. The van der Waals surface area contributed by atoms with E-state index < -0.39 is 115 Å². The minimum absolute atomic E-state index is 0.0605. The number of aliphatic hydroxyl groups is 8. The van der Waals surface area contributed by atoms with E-state index in [0.29, 0.717) is 6.42 Å². The van der Waals surface area contributed by atoms with Crippen molar-refractivity contribution in [2.24, 2.45) is 22.9 Å². The summed E-state index contributed by atoms with van der Waals surface area (Å²) in [6.45, 7) is -0.511. The molecule has 0 bridgehead atoms. The molecule has 16 atom stereocenters. The molecule has 2 saturated heterocycles. The molecular weight excluding hydrogens is 622 g/mol. The third kappa shape index (κ3) is 10.6. The summed E-state index contributed by atoms with van der Waals surface area (Å²) in [5, 5.41) is 85.6. The standard InChI is InChI=1S/C22H45N5O12.H2O4S/c23-2-1-7(29)5-27-9-3-8(25)19(38-22-17(34)16(33)14(31)10(4-24)36-22)18(35)20(9)39-21-15(32)12(26)13(30)11(6-28)37-21;1-5(2,3)4/h7-22,27-35H,1-6,23-26H2;(H2,1,2,3,4). The smallest absolute Gasteiger partial charge is 0.394 e. The van der Waals surface area contributed by atoms with Crippen LogP contribution in [0.4, 0.5) is 0 Å². The summed E-state index contributed by atoms with van der Waals surface area (Å²) in [5.74, 6) is 0. The number of nitrogens with one attached hydrogen (secondary N) is 1. The molecule has 0 aromatic carbocycles. The maximum Gasteiger partial charge on any atom is 0.394 e. The van der Waals surface area contributed by atoms with Crippen LogP contribution >= 0.6 is 0 Å². The Hall–Kier alpha value is -0.810. The van der Waals surface area contributed by atoms with Gasteiger partial charge in [-0.3, -0.25) is 9.11 Å². The Kier molecular flexibility index (Phi) is 15.5. The topological polar surface area (TPSA) is 389 Å². The van der Waals surface area contributed by atoms with Crippen LogP contribution in [-0.2, 0) is 29.3 Å². The maximum atomic E-state index is 11.4. The van der Waals surface area contributed by atoms with Crippen molar-refractivity contribution < 1.29 is 77.3 Å². The molecule has 3 aliphatic rings.